The molecule has 0 radical (unpaired) electrons. The first-order chi connectivity index (χ1) is 6.56. The summed E-state index contributed by atoms with van der Waals surface area (Å²) >= 11 is 0. The van der Waals surface area contributed by atoms with Gasteiger partial charge in [-0.3, -0.25) is 4.90 Å². The SMILES string of the molecule is CCOC(=O)N1C(C)=CC(C)C=C1C. The van der Waals surface area contributed by atoms with Crippen LogP contribution in [0.4, 0.5) is 4.79 Å². The molecule has 1 heterocycles. The fourth-order valence-electron chi connectivity index (χ4n) is 1.71. The molecule has 3 nitrogen and oxygen atoms in total. The molecule has 14 heavy (non-hydrogen) atoms. The molecule has 1 aliphatic heterocycles. The van der Waals surface area contributed by atoms with Gasteiger partial charge < -0.3 is 4.74 Å². The van der Waals surface area contributed by atoms with Crippen LogP contribution >= 0.6 is 0 Å². The van der Waals surface area contributed by atoms with Crippen molar-refractivity contribution in [1.82, 2.24) is 4.90 Å². The Morgan fingerprint density at radius 3 is 2.36 bits per heavy atom. The van der Waals surface area contributed by atoms with E-state index in [9.17, 15) is 4.79 Å². The zero-order chi connectivity index (χ0) is 10.7. The number of amides is 1. The fourth-order valence-corrected chi connectivity index (χ4v) is 1.71. The van der Waals surface area contributed by atoms with Crippen LogP contribution in [0.5, 0.6) is 0 Å². The summed E-state index contributed by atoms with van der Waals surface area (Å²) < 4.78 is 4.96. The molecule has 3 heteroatoms. The van der Waals surface area contributed by atoms with Gasteiger partial charge in [0, 0.05) is 11.4 Å². The molecule has 0 aromatic rings. The van der Waals surface area contributed by atoms with Crippen LogP contribution in [0.2, 0.25) is 0 Å². The molecule has 0 unspecified atom stereocenters. The summed E-state index contributed by atoms with van der Waals surface area (Å²) in [7, 11) is 0. The van der Waals surface area contributed by atoms with Crippen LogP contribution < -0.4 is 0 Å². The molecular weight excluding hydrogens is 178 g/mol. The minimum absolute atomic E-state index is 0.290. The van der Waals surface area contributed by atoms with Gasteiger partial charge >= 0.3 is 6.09 Å². The number of hydrogen-bond donors (Lipinski definition) is 0. The van der Waals surface area contributed by atoms with Crippen LogP contribution in [-0.4, -0.2) is 17.6 Å². The summed E-state index contributed by atoms with van der Waals surface area (Å²) in [6.45, 7) is 8.15. The van der Waals surface area contributed by atoms with Gasteiger partial charge in [-0.15, -0.1) is 0 Å². The molecule has 1 rings (SSSR count). The summed E-state index contributed by atoms with van der Waals surface area (Å²) in [4.78, 5) is 13.1. The van der Waals surface area contributed by atoms with Crippen molar-refractivity contribution < 1.29 is 9.53 Å². The van der Waals surface area contributed by atoms with Gasteiger partial charge in [0.1, 0.15) is 0 Å². The van der Waals surface area contributed by atoms with Crippen molar-refractivity contribution in [2.75, 3.05) is 6.61 Å². The molecule has 0 aromatic heterocycles. The molecule has 0 aliphatic carbocycles. The fraction of sp³-hybridized carbons (Fsp3) is 0.545. The predicted molar refractivity (Wildman–Crippen MR) is 55.5 cm³/mol. The Balaban J connectivity index is 2.83. The van der Waals surface area contributed by atoms with E-state index in [0.717, 1.165) is 11.4 Å². The Kier molecular flexibility index (Phi) is 3.33. The number of nitrogens with zero attached hydrogens (tertiary/aromatic N) is 1. The Morgan fingerprint density at radius 1 is 1.43 bits per heavy atom. The minimum Gasteiger partial charge on any atom is -0.449 e. The highest BCUT2D eigenvalue weighted by molar-refractivity contribution is 5.72. The molecule has 0 saturated carbocycles. The number of rotatable bonds is 1. The molecular formula is C11H17NO2. The van der Waals surface area contributed by atoms with Gasteiger partial charge in [-0.25, -0.2) is 4.79 Å². The first kappa shape index (κ1) is 10.8. The second-order valence-corrected chi connectivity index (χ2v) is 3.51. The third-order valence-corrected chi connectivity index (χ3v) is 2.16. The quantitative estimate of drug-likeness (QED) is 0.643. The molecule has 0 spiro atoms. The molecule has 0 aromatic carbocycles. The molecule has 0 saturated heterocycles. The van der Waals surface area contributed by atoms with Gasteiger partial charge in [-0.2, -0.15) is 0 Å². The second-order valence-electron chi connectivity index (χ2n) is 3.51. The smallest absolute Gasteiger partial charge is 0.418 e. The molecule has 0 N–H and O–H groups in total. The highest BCUT2D eigenvalue weighted by atomic mass is 16.6. The average Bonchev–Trinajstić information content (AvgIpc) is 2.01. The summed E-state index contributed by atoms with van der Waals surface area (Å²) in [5, 5.41) is 0. The van der Waals surface area contributed by atoms with Crippen molar-refractivity contribution in [1.29, 1.82) is 0 Å². The summed E-state index contributed by atoms with van der Waals surface area (Å²) in [5.74, 6) is 0.390. The highest BCUT2D eigenvalue weighted by Gasteiger charge is 2.21. The number of carbonyl (C=O) groups excluding carboxylic acids is 1. The average molecular weight is 195 g/mol. The summed E-state index contributed by atoms with van der Waals surface area (Å²) in [5.41, 5.74) is 1.88. The van der Waals surface area contributed by atoms with Crippen molar-refractivity contribution in [3.8, 4) is 0 Å². The van der Waals surface area contributed by atoms with E-state index in [4.69, 9.17) is 4.74 Å². The van der Waals surface area contributed by atoms with Gasteiger partial charge in [0.05, 0.1) is 6.61 Å². The maximum Gasteiger partial charge on any atom is 0.418 e. The minimum atomic E-state index is -0.290. The maximum absolute atomic E-state index is 11.5. The number of allylic oxidation sites excluding steroid dienone is 4. The lowest BCUT2D eigenvalue weighted by Crippen LogP contribution is -2.30. The van der Waals surface area contributed by atoms with Gasteiger partial charge in [0.2, 0.25) is 0 Å². The third kappa shape index (κ3) is 2.16. The first-order valence-electron chi connectivity index (χ1n) is 4.90. The van der Waals surface area contributed by atoms with Crippen molar-refractivity contribution in [2.45, 2.75) is 27.7 Å². The zero-order valence-electron chi connectivity index (χ0n) is 9.20. The molecule has 0 bridgehead atoms. The number of carbonyl (C=O) groups is 1. The van der Waals surface area contributed by atoms with Gasteiger partial charge in [-0.1, -0.05) is 19.1 Å². The number of ether oxygens (including phenoxy) is 1. The normalized spacial score (nSPS) is 17.6. The van der Waals surface area contributed by atoms with Crippen LogP contribution in [0.3, 0.4) is 0 Å². The standard InChI is InChI=1S/C11H17NO2/c1-5-14-11(13)12-9(3)6-8(2)7-10(12)4/h6-8H,5H2,1-4H3. The highest BCUT2D eigenvalue weighted by Crippen LogP contribution is 2.23. The van der Waals surface area contributed by atoms with Crippen LogP contribution in [0, 0.1) is 5.92 Å². The summed E-state index contributed by atoms with van der Waals surface area (Å²) in [6, 6.07) is 0. The van der Waals surface area contributed by atoms with E-state index in [1.54, 1.807) is 4.90 Å². The van der Waals surface area contributed by atoms with E-state index in [1.165, 1.54) is 0 Å². The monoisotopic (exact) mass is 195 g/mol. The van der Waals surface area contributed by atoms with Crippen LogP contribution in [0.25, 0.3) is 0 Å². The lowest BCUT2D eigenvalue weighted by atomic mass is 10.1. The van der Waals surface area contributed by atoms with Crippen molar-refractivity contribution in [3.63, 3.8) is 0 Å². The Labute approximate surface area is 85.0 Å². The van der Waals surface area contributed by atoms with Crippen molar-refractivity contribution >= 4 is 6.09 Å². The van der Waals surface area contributed by atoms with Crippen LogP contribution in [0.15, 0.2) is 23.5 Å². The van der Waals surface area contributed by atoms with E-state index in [-0.39, 0.29) is 6.09 Å². The molecule has 1 aliphatic rings. The Hall–Kier alpha value is -1.25. The van der Waals surface area contributed by atoms with E-state index >= 15 is 0 Å². The molecule has 0 atom stereocenters. The van der Waals surface area contributed by atoms with Gasteiger partial charge in [0.25, 0.3) is 0 Å². The van der Waals surface area contributed by atoms with Crippen molar-refractivity contribution in [2.24, 2.45) is 5.92 Å². The molecule has 0 fully saturated rings. The zero-order valence-corrected chi connectivity index (χ0v) is 9.20. The second kappa shape index (κ2) is 4.31. The predicted octanol–water partition coefficient (Wildman–Crippen LogP) is 2.90. The van der Waals surface area contributed by atoms with E-state index in [0.29, 0.717) is 12.5 Å². The maximum atomic E-state index is 11.5. The van der Waals surface area contributed by atoms with E-state index in [1.807, 2.05) is 32.9 Å². The Morgan fingerprint density at radius 2 is 1.93 bits per heavy atom. The van der Waals surface area contributed by atoms with E-state index in [2.05, 4.69) is 6.92 Å². The first-order valence-corrected chi connectivity index (χ1v) is 4.90. The number of hydrogen-bond acceptors (Lipinski definition) is 2. The molecule has 1 amide bonds. The van der Waals surface area contributed by atoms with Gasteiger partial charge in [-0.05, 0) is 26.7 Å². The van der Waals surface area contributed by atoms with Crippen LogP contribution in [-0.2, 0) is 4.74 Å². The van der Waals surface area contributed by atoms with Crippen LogP contribution in [0.1, 0.15) is 27.7 Å². The lowest BCUT2D eigenvalue weighted by Gasteiger charge is -2.27. The Bertz CT molecular complexity index is 272. The van der Waals surface area contributed by atoms with Gasteiger partial charge in [0.15, 0.2) is 0 Å². The van der Waals surface area contributed by atoms with E-state index < -0.39 is 0 Å². The van der Waals surface area contributed by atoms with Crippen molar-refractivity contribution in [3.05, 3.63) is 23.5 Å². The summed E-state index contributed by atoms with van der Waals surface area (Å²) in [6.07, 6.45) is 3.80. The topological polar surface area (TPSA) is 29.5 Å². The third-order valence-electron chi connectivity index (χ3n) is 2.16. The molecule has 78 valence electrons. The largest absolute Gasteiger partial charge is 0.449 e. The lowest BCUT2D eigenvalue weighted by molar-refractivity contribution is 0.126.